The van der Waals surface area contributed by atoms with Gasteiger partial charge in [0.2, 0.25) is 0 Å². The van der Waals surface area contributed by atoms with E-state index in [0.29, 0.717) is 41.1 Å². The summed E-state index contributed by atoms with van der Waals surface area (Å²) in [5, 5.41) is 5.60. The van der Waals surface area contributed by atoms with Gasteiger partial charge < -0.3 is 9.80 Å². The Bertz CT molecular complexity index is 1090. The number of benzene rings is 1. The van der Waals surface area contributed by atoms with Crippen LogP contribution in [0.15, 0.2) is 24.3 Å². The molecule has 0 N–H and O–H groups in total. The van der Waals surface area contributed by atoms with Crippen LogP contribution in [0.3, 0.4) is 0 Å². The zero-order valence-electron chi connectivity index (χ0n) is 18.7. The molecule has 2 unspecified atom stereocenters. The standard InChI is InChI=1S/C24H28Cl2N4O2/c1-23(2)10-15-11-24(3,13-23)14-29(15)21(31)19-9-20-22(32)28(7-8-30(20)27-19)12-16-17(25)5-4-6-18(16)26/h4-6,9,15H,7-8,10-14H2,1-3H3. The predicted octanol–water partition coefficient (Wildman–Crippen LogP) is 4.89. The van der Waals surface area contributed by atoms with E-state index in [4.69, 9.17) is 23.2 Å². The van der Waals surface area contributed by atoms with Crippen LogP contribution in [0.5, 0.6) is 0 Å². The van der Waals surface area contributed by atoms with Crippen LogP contribution in [0, 0.1) is 10.8 Å². The molecule has 1 aromatic heterocycles. The van der Waals surface area contributed by atoms with Gasteiger partial charge in [0.25, 0.3) is 11.8 Å². The Morgan fingerprint density at radius 2 is 1.88 bits per heavy atom. The summed E-state index contributed by atoms with van der Waals surface area (Å²) in [7, 11) is 0. The number of aromatic nitrogens is 2. The van der Waals surface area contributed by atoms with Crippen LogP contribution in [-0.2, 0) is 13.1 Å². The van der Waals surface area contributed by atoms with Crippen molar-refractivity contribution in [2.45, 2.75) is 59.2 Å². The molecule has 0 spiro atoms. The highest BCUT2D eigenvalue weighted by molar-refractivity contribution is 6.36. The van der Waals surface area contributed by atoms with Gasteiger partial charge in [-0.25, -0.2) is 0 Å². The highest BCUT2D eigenvalue weighted by Crippen LogP contribution is 2.52. The van der Waals surface area contributed by atoms with Crippen LogP contribution in [-0.4, -0.2) is 50.5 Å². The number of carbonyl (C=O) groups excluding carboxylic acids is 2. The number of halogens is 2. The number of hydrogen-bond donors (Lipinski definition) is 0. The summed E-state index contributed by atoms with van der Waals surface area (Å²) in [5.74, 6) is -0.223. The lowest BCUT2D eigenvalue weighted by Crippen LogP contribution is -2.40. The second-order valence-corrected chi connectivity index (χ2v) is 11.5. The van der Waals surface area contributed by atoms with Gasteiger partial charge in [-0.2, -0.15) is 5.10 Å². The summed E-state index contributed by atoms with van der Waals surface area (Å²) in [6, 6.07) is 7.22. The largest absolute Gasteiger partial charge is 0.334 e. The number of nitrogens with zero attached hydrogens (tertiary/aromatic N) is 4. The maximum absolute atomic E-state index is 13.4. The lowest BCUT2D eigenvalue weighted by Gasteiger charge is -2.39. The summed E-state index contributed by atoms with van der Waals surface area (Å²) in [6.45, 7) is 8.97. The lowest BCUT2D eigenvalue weighted by atomic mass is 9.65. The quantitative estimate of drug-likeness (QED) is 0.636. The normalized spacial score (nSPS) is 26.4. The van der Waals surface area contributed by atoms with Gasteiger partial charge in [0.15, 0.2) is 5.69 Å². The molecule has 170 valence electrons. The van der Waals surface area contributed by atoms with Crippen LogP contribution in [0.1, 0.15) is 66.6 Å². The SMILES string of the molecule is CC1(C)CC2CC(C)(CN2C(=O)c2cc3n(n2)CCN(Cc2c(Cl)cccc2Cl)C3=O)C1. The van der Waals surface area contributed by atoms with Crippen LogP contribution in [0.4, 0.5) is 0 Å². The highest BCUT2D eigenvalue weighted by atomic mass is 35.5. The molecule has 1 aromatic carbocycles. The van der Waals surface area contributed by atoms with Crippen molar-refractivity contribution >= 4 is 35.0 Å². The topological polar surface area (TPSA) is 58.4 Å². The Labute approximate surface area is 198 Å². The Balaban J connectivity index is 1.36. The minimum atomic E-state index is -0.160. The number of amides is 2. The summed E-state index contributed by atoms with van der Waals surface area (Å²) in [4.78, 5) is 30.3. The molecule has 0 radical (unpaired) electrons. The minimum absolute atomic E-state index is 0.0631. The minimum Gasteiger partial charge on any atom is -0.334 e. The first-order chi connectivity index (χ1) is 15.1. The molecule has 32 heavy (non-hydrogen) atoms. The fraction of sp³-hybridized carbons (Fsp3) is 0.542. The zero-order valence-corrected chi connectivity index (χ0v) is 20.2. The lowest BCUT2D eigenvalue weighted by molar-refractivity contribution is 0.0675. The van der Waals surface area contributed by atoms with Crippen molar-refractivity contribution in [2.75, 3.05) is 13.1 Å². The van der Waals surface area contributed by atoms with E-state index in [0.717, 1.165) is 31.4 Å². The number of likely N-dealkylation sites (tertiary alicyclic amines) is 1. The van der Waals surface area contributed by atoms with E-state index in [1.165, 1.54) is 0 Å². The van der Waals surface area contributed by atoms with Gasteiger partial charge in [0, 0.05) is 47.4 Å². The molecule has 3 heterocycles. The van der Waals surface area contributed by atoms with Crippen LogP contribution < -0.4 is 0 Å². The van der Waals surface area contributed by atoms with E-state index in [1.54, 1.807) is 33.8 Å². The molecule has 2 fully saturated rings. The Kier molecular flexibility index (Phi) is 5.10. The highest BCUT2D eigenvalue weighted by Gasteiger charge is 2.51. The van der Waals surface area contributed by atoms with E-state index in [9.17, 15) is 9.59 Å². The van der Waals surface area contributed by atoms with Gasteiger partial charge in [-0.15, -0.1) is 0 Å². The van der Waals surface area contributed by atoms with Crippen molar-refractivity contribution in [2.24, 2.45) is 10.8 Å². The second kappa shape index (κ2) is 7.49. The van der Waals surface area contributed by atoms with Crippen molar-refractivity contribution in [3.05, 3.63) is 51.3 Å². The predicted molar refractivity (Wildman–Crippen MR) is 124 cm³/mol. The fourth-order valence-corrected chi connectivity index (χ4v) is 6.73. The molecule has 1 saturated carbocycles. The molecular weight excluding hydrogens is 447 g/mol. The van der Waals surface area contributed by atoms with E-state index in [1.807, 2.05) is 4.90 Å². The Hall–Kier alpha value is -2.05. The Morgan fingerprint density at radius 3 is 2.59 bits per heavy atom. The van der Waals surface area contributed by atoms with E-state index < -0.39 is 0 Å². The van der Waals surface area contributed by atoms with Crippen molar-refractivity contribution in [3.8, 4) is 0 Å². The van der Waals surface area contributed by atoms with Crippen LogP contribution in [0.2, 0.25) is 10.0 Å². The van der Waals surface area contributed by atoms with E-state index in [2.05, 4.69) is 25.9 Å². The van der Waals surface area contributed by atoms with E-state index in [-0.39, 0.29) is 28.7 Å². The number of hydrogen-bond acceptors (Lipinski definition) is 3. The smallest absolute Gasteiger partial charge is 0.274 e. The van der Waals surface area contributed by atoms with Crippen LogP contribution in [0.25, 0.3) is 0 Å². The summed E-state index contributed by atoms with van der Waals surface area (Å²) >= 11 is 12.6. The molecule has 2 amide bonds. The third-order valence-corrected chi connectivity index (χ3v) is 7.88. The first kappa shape index (κ1) is 21.8. The molecule has 2 aliphatic heterocycles. The summed E-state index contributed by atoms with van der Waals surface area (Å²) in [5.41, 5.74) is 1.92. The molecule has 1 aliphatic carbocycles. The number of carbonyl (C=O) groups is 2. The average Bonchev–Trinajstić information content (AvgIpc) is 3.24. The number of fused-ring (bicyclic) bond motifs is 3. The molecule has 6 nitrogen and oxygen atoms in total. The van der Waals surface area contributed by atoms with Gasteiger partial charge in [0.05, 0.1) is 6.54 Å². The van der Waals surface area contributed by atoms with Crippen molar-refractivity contribution < 1.29 is 9.59 Å². The molecule has 5 rings (SSSR count). The fourth-order valence-electron chi connectivity index (χ4n) is 6.21. The summed E-state index contributed by atoms with van der Waals surface area (Å²) in [6.07, 6.45) is 3.17. The van der Waals surface area contributed by atoms with E-state index >= 15 is 0 Å². The molecular formula is C24H28Cl2N4O2. The monoisotopic (exact) mass is 474 g/mol. The van der Waals surface area contributed by atoms with Crippen molar-refractivity contribution in [1.82, 2.24) is 19.6 Å². The van der Waals surface area contributed by atoms with Gasteiger partial charge in [-0.05, 0) is 42.2 Å². The van der Waals surface area contributed by atoms with Gasteiger partial charge in [-0.3, -0.25) is 14.3 Å². The molecule has 8 heteroatoms. The second-order valence-electron chi connectivity index (χ2n) is 10.7. The summed E-state index contributed by atoms with van der Waals surface area (Å²) < 4.78 is 1.66. The molecule has 3 aliphatic rings. The maximum Gasteiger partial charge on any atom is 0.274 e. The first-order valence-electron chi connectivity index (χ1n) is 11.2. The first-order valence-corrected chi connectivity index (χ1v) is 11.9. The van der Waals surface area contributed by atoms with Gasteiger partial charge in [0.1, 0.15) is 5.69 Å². The maximum atomic E-state index is 13.4. The third kappa shape index (κ3) is 3.71. The number of rotatable bonds is 3. The van der Waals surface area contributed by atoms with Gasteiger partial charge >= 0.3 is 0 Å². The average molecular weight is 475 g/mol. The third-order valence-electron chi connectivity index (χ3n) is 7.17. The van der Waals surface area contributed by atoms with Crippen molar-refractivity contribution in [1.29, 1.82) is 0 Å². The van der Waals surface area contributed by atoms with Crippen molar-refractivity contribution in [3.63, 3.8) is 0 Å². The molecule has 2 aromatic rings. The van der Waals surface area contributed by atoms with Crippen LogP contribution >= 0.6 is 23.2 Å². The van der Waals surface area contributed by atoms with Gasteiger partial charge in [-0.1, -0.05) is 50.0 Å². The Morgan fingerprint density at radius 1 is 1.16 bits per heavy atom. The molecule has 2 bridgehead atoms. The molecule has 1 saturated heterocycles. The zero-order chi connectivity index (χ0) is 22.8. The molecule has 2 atom stereocenters.